The summed E-state index contributed by atoms with van der Waals surface area (Å²) in [6, 6.07) is 0. The number of alkyl halides is 3. The highest BCUT2D eigenvalue weighted by atomic mass is 19.4. The monoisotopic (exact) mass is 266 g/mol. The fourth-order valence-electron chi connectivity index (χ4n) is 1.34. The van der Waals surface area contributed by atoms with Crippen LogP contribution in [0.3, 0.4) is 0 Å². The van der Waals surface area contributed by atoms with Crippen LogP contribution < -0.4 is 5.32 Å². The summed E-state index contributed by atoms with van der Waals surface area (Å²) < 4.78 is 37.3. The fraction of sp³-hybridized carbons (Fsp3) is 0.667. The lowest BCUT2D eigenvalue weighted by molar-refractivity contribution is -0.389. The second-order valence-corrected chi connectivity index (χ2v) is 4.43. The van der Waals surface area contributed by atoms with Gasteiger partial charge in [-0.2, -0.15) is 13.2 Å². The minimum Gasteiger partial charge on any atom is -0.358 e. The zero-order valence-electron chi connectivity index (χ0n) is 9.86. The van der Waals surface area contributed by atoms with Gasteiger partial charge in [-0.15, -0.1) is 0 Å². The van der Waals surface area contributed by atoms with Gasteiger partial charge in [0, 0.05) is 6.54 Å². The van der Waals surface area contributed by atoms with Gasteiger partial charge in [-0.1, -0.05) is 0 Å². The standard InChI is InChI=1S/C9H13F3N4O2/c1-8(2,4-13-5-9(10,11)12)15-3-7(14-6-15)16(17)18/h3,6,13H,4-5H2,1-2H3. The van der Waals surface area contributed by atoms with E-state index in [-0.39, 0.29) is 12.4 Å². The molecule has 1 aromatic rings. The molecule has 0 saturated carbocycles. The van der Waals surface area contributed by atoms with E-state index in [1.807, 2.05) is 0 Å². The van der Waals surface area contributed by atoms with Gasteiger partial charge in [0.05, 0.1) is 12.1 Å². The van der Waals surface area contributed by atoms with E-state index < -0.39 is 23.2 Å². The van der Waals surface area contributed by atoms with Crippen molar-refractivity contribution in [1.29, 1.82) is 0 Å². The van der Waals surface area contributed by atoms with Crippen molar-refractivity contribution in [2.45, 2.75) is 25.6 Å². The van der Waals surface area contributed by atoms with Crippen LogP contribution in [0.5, 0.6) is 0 Å². The van der Waals surface area contributed by atoms with Gasteiger partial charge in [0.1, 0.15) is 6.20 Å². The van der Waals surface area contributed by atoms with E-state index in [9.17, 15) is 23.3 Å². The third-order valence-electron chi connectivity index (χ3n) is 2.34. The zero-order valence-corrected chi connectivity index (χ0v) is 9.86. The first-order chi connectivity index (χ1) is 8.12. The minimum atomic E-state index is -4.28. The number of rotatable bonds is 5. The number of imidazole rings is 1. The molecule has 0 radical (unpaired) electrons. The van der Waals surface area contributed by atoms with Crippen molar-refractivity contribution >= 4 is 5.82 Å². The van der Waals surface area contributed by atoms with Crippen LogP contribution in [-0.2, 0) is 5.54 Å². The number of hydrogen-bond acceptors (Lipinski definition) is 4. The van der Waals surface area contributed by atoms with Crippen LogP contribution in [0.25, 0.3) is 0 Å². The van der Waals surface area contributed by atoms with Crippen molar-refractivity contribution in [2.24, 2.45) is 0 Å². The molecule has 0 aromatic carbocycles. The first kappa shape index (κ1) is 14.4. The van der Waals surface area contributed by atoms with Gasteiger partial charge in [-0.05, 0) is 23.8 Å². The summed E-state index contributed by atoms with van der Waals surface area (Å²) in [6.45, 7) is 2.22. The Bertz CT molecular complexity index is 428. The second-order valence-electron chi connectivity index (χ2n) is 4.43. The van der Waals surface area contributed by atoms with E-state index in [2.05, 4.69) is 10.3 Å². The van der Waals surface area contributed by atoms with Crippen LogP contribution >= 0.6 is 0 Å². The van der Waals surface area contributed by atoms with Gasteiger partial charge in [0.2, 0.25) is 6.33 Å². The minimum absolute atomic E-state index is 0.0139. The number of hydrogen-bond donors (Lipinski definition) is 1. The van der Waals surface area contributed by atoms with Crippen LogP contribution in [0, 0.1) is 10.1 Å². The Morgan fingerprint density at radius 3 is 2.50 bits per heavy atom. The van der Waals surface area contributed by atoms with Gasteiger partial charge in [0.25, 0.3) is 0 Å². The van der Waals surface area contributed by atoms with Gasteiger partial charge in [0.15, 0.2) is 0 Å². The van der Waals surface area contributed by atoms with Crippen molar-refractivity contribution in [1.82, 2.24) is 14.9 Å². The summed E-state index contributed by atoms with van der Waals surface area (Å²) in [5.41, 5.74) is -0.744. The second kappa shape index (κ2) is 4.92. The van der Waals surface area contributed by atoms with Crippen molar-refractivity contribution < 1.29 is 18.1 Å². The maximum absolute atomic E-state index is 12.0. The quantitative estimate of drug-likeness (QED) is 0.650. The van der Waals surface area contributed by atoms with Gasteiger partial charge < -0.3 is 20.0 Å². The molecule has 0 atom stereocenters. The summed E-state index contributed by atoms with van der Waals surface area (Å²) >= 11 is 0. The average Bonchev–Trinajstić information content (AvgIpc) is 2.63. The normalized spacial score (nSPS) is 12.7. The molecule has 0 aliphatic heterocycles. The molecule has 0 spiro atoms. The van der Waals surface area contributed by atoms with Crippen molar-refractivity contribution in [3.63, 3.8) is 0 Å². The molecule has 9 heteroatoms. The zero-order chi connectivity index (χ0) is 14.0. The number of nitrogens with zero attached hydrogens (tertiary/aromatic N) is 3. The van der Waals surface area contributed by atoms with Gasteiger partial charge in [-0.25, -0.2) is 0 Å². The summed E-state index contributed by atoms with van der Waals surface area (Å²) in [4.78, 5) is 13.3. The Labute approximate surface area is 101 Å². The maximum Gasteiger partial charge on any atom is 0.401 e. The summed E-state index contributed by atoms with van der Waals surface area (Å²) in [6.07, 6.45) is -1.86. The molecule has 1 aromatic heterocycles. The average molecular weight is 266 g/mol. The first-order valence-corrected chi connectivity index (χ1v) is 5.08. The summed E-state index contributed by atoms with van der Waals surface area (Å²) in [5, 5.41) is 12.7. The number of halogens is 3. The molecule has 102 valence electrons. The molecular formula is C9H13F3N4O2. The largest absolute Gasteiger partial charge is 0.401 e. The molecule has 0 fully saturated rings. The first-order valence-electron chi connectivity index (χ1n) is 5.08. The highest BCUT2D eigenvalue weighted by Crippen LogP contribution is 2.18. The SMILES string of the molecule is CC(C)(CNCC(F)(F)F)n1cnc([N+](=O)[O-])c1. The molecule has 6 nitrogen and oxygen atoms in total. The molecule has 1 N–H and O–H groups in total. The molecule has 0 unspecified atom stereocenters. The summed E-state index contributed by atoms with van der Waals surface area (Å²) in [5.74, 6) is -0.334. The topological polar surface area (TPSA) is 73.0 Å². The number of aromatic nitrogens is 2. The smallest absolute Gasteiger partial charge is 0.358 e. The van der Waals surface area contributed by atoms with Crippen molar-refractivity contribution in [3.8, 4) is 0 Å². The summed E-state index contributed by atoms with van der Waals surface area (Å²) in [7, 11) is 0. The molecule has 0 amide bonds. The van der Waals surface area contributed by atoms with E-state index in [1.165, 1.54) is 17.1 Å². The van der Waals surface area contributed by atoms with Crippen LogP contribution in [-0.4, -0.2) is 33.7 Å². The van der Waals surface area contributed by atoms with Crippen LogP contribution in [0.4, 0.5) is 19.0 Å². The Morgan fingerprint density at radius 1 is 1.44 bits per heavy atom. The van der Waals surface area contributed by atoms with Crippen LogP contribution in [0.15, 0.2) is 12.5 Å². The van der Waals surface area contributed by atoms with E-state index in [0.29, 0.717) is 0 Å². The number of nitrogens with one attached hydrogen (secondary N) is 1. The van der Waals surface area contributed by atoms with Crippen molar-refractivity contribution in [2.75, 3.05) is 13.1 Å². The Kier molecular flexibility index (Phi) is 3.95. The molecule has 1 rings (SSSR count). The Hall–Kier alpha value is -1.64. The molecule has 0 aliphatic carbocycles. The van der Waals surface area contributed by atoms with E-state index >= 15 is 0 Å². The van der Waals surface area contributed by atoms with E-state index in [0.717, 1.165) is 0 Å². The fourth-order valence-corrected chi connectivity index (χ4v) is 1.34. The predicted octanol–water partition coefficient (Wildman–Crippen LogP) is 1.68. The molecule has 1 heterocycles. The highest BCUT2D eigenvalue weighted by molar-refractivity contribution is 5.14. The lowest BCUT2D eigenvalue weighted by Gasteiger charge is -2.26. The predicted molar refractivity (Wildman–Crippen MR) is 57.1 cm³/mol. The molecule has 18 heavy (non-hydrogen) atoms. The Balaban J connectivity index is 2.64. The molecule has 0 aliphatic rings. The van der Waals surface area contributed by atoms with Crippen LogP contribution in [0.1, 0.15) is 13.8 Å². The molecule has 0 bridgehead atoms. The van der Waals surface area contributed by atoms with E-state index in [1.54, 1.807) is 13.8 Å². The number of nitro groups is 1. The van der Waals surface area contributed by atoms with Gasteiger partial charge >= 0.3 is 12.0 Å². The lowest BCUT2D eigenvalue weighted by Crippen LogP contribution is -2.41. The maximum atomic E-state index is 12.0. The van der Waals surface area contributed by atoms with Crippen LogP contribution in [0.2, 0.25) is 0 Å². The third kappa shape index (κ3) is 3.99. The molecular weight excluding hydrogens is 253 g/mol. The Morgan fingerprint density at radius 2 is 2.06 bits per heavy atom. The highest BCUT2D eigenvalue weighted by Gasteiger charge is 2.29. The van der Waals surface area contributed by atoms with Gasteiger partial charge in [-0.3, -0.25) is 0 Å². The van der Waals surface area contributed by atoms with E-state index in [4.69, 9.17) is 0 Å². The van der Waals surface area contributed by atoms with Crippen molar-refractivity contribution in [3.05, 3.63) is 22.6 Å². The third-order valence-corrected chi connectivity index (χ3v) is 2.34. The lowest BCUT2D eigenvalue weighted by atomic mass is 10.1. The molecule has 0 saturated heterocycles.